The molecule has 2 aromatic rings. The van der Waals surface area contributed by atoms with Gasteiger partial charge in [-0.1, -0.05) is 54.6 Å². The third-order valence-electron chi connectivity index (χ3n) is 3.83. The molecule has 1 N–H and O–H groups in total. The quantitative estimate of drug-likeness (QED) is 0.854. The number of hydrazone groups is 1. The van der Waals surface area contributed by atoms with Crippen LogP contribution in [0.4, 0.5) is 0 Å². The van der Waals surface area contributed by atoms with Gasteiger partial charge >= 0.3 is 0 Å². The van der Waals surface area contributed by atoms with Crippen LogP contribution in [0.1, 0.15) is 22.9 Å². The maximum Gasteiger partial charge on any atom is 0.142 e. The molecule has 0 unspecified atom stereocenters. The van der Waals surface area contributed by atoms with Crippen molar-refractivity contribution in [1.82, 2.24) is 10.3 Å². The first-order chi connectivity index (χ1) is 9.92. The topological polar surface area (TPSA) is 27.6 Å². The van der Waals surface area contributed by atoms with E-state index in [2.05, 4.69) is 64.1 Å². The lowest BCUT2D eigenvalue weighted by Crippen LogP contribution is -2.43. The van der Waals surface area contributed by atoms with E-state index in [-0.39, 0.29) is 6.17 Å². The first-order valence-electron chi connectivity index (χ1n) is 6.82. The van der Waals surface area contributed by atoms with Gasteiger partial charge in [0, 0.05) is 11.8 Å². The third kappa shape index (κ3) is 1.79. The van der Waals surface area contributed by atoms with Crippen LogP contribution < -0.4 is 5.43 Å². The fraction of sp³-hybridized carbons (Fsp3) is 0.118. The van der Waals surface area contributed by atoms with Gasteiger partial charge in [0.2, 0.25) is 0 Å². The summed E-state index contributed by atoms with van der Waals surface area (Å²) < 4.78 is 0. The molecular formula is C17H15N3. The molecule has 1 atom stereocenters. The molecule has 0 fully saturated rings. The lowest BCUT2D eigenvalue weighted by atomic mass is 10.00. The van der Waals surface area contributed by atoms with Gasteiger partial charge in [-0.25, -0.2) is 0 Å². The van der Waals surface area contributed by atoms with Crippen molar-refractivity contribution >= 4 is 11.8 Å². The summed E-state index contributed by atoms with van der Waals surface area (Å²) in [4.78, 5) is 2.29. The highest BCUT2D eigenvalue weighted by Crippen LogP contribution is 2.30. The van der Waals surface area contributed by atoms with Crippen LogP contribution in [-0.2, 0) is 0 Å². The van der Waals surface area contributed by atoms with Crippen molar-refractivity contribution in [3.05, 3.63) is 77.5 Å². The van der Waals surface area contributed by atoms with Crippen molar-refractivity contribution in [3.8, 4) is 0 Å². The molecule has 0 radical (unpaired) electrons. The molecule has 2 aliphatic heterocycles. The summed E-state index contributed by atoms with van der Waals surface area (Å²) in [7, 11) is 0. The van der Waals surface area contributed by atoms with Gasteiger partial charge in [-0.3, -0.25) is 5.43 Å². The Bertz CT molecular complexity index is 688. The Morgan fingerprint density at radius 2 is 1.80 bits per heavy atom. The minimum absolute atomic E-state index is 0.142. The summed E-state index contributed by atoms with van der Waals surface area (Å²) in [6.45, 7) is 0.826. The van der Waals surface area contributed by atoms with Crippen LogP contribution in [0.15, 0.2) is 65.9 Å². The van der Waals surface area contributed by atoms with Gasteiger partial charge in [-0.15, -0.1) is 0 Å². The molecule has 0 bridgehead atoms. The Kier molecular flexibility index (Phi) is 2.56. The second-order valence-electron chi connectivity index (χ2n) is 5.07. The minimum Gasteiger partial charge on any atom is -0.347 e. The van der Waals surface area contributed by atoms with Crippen molar-refractivity contribution in [2.45, 2.75) is 6.17 Å². The van der Waals surface area contributed by atoms with E-state index < -0.39 is 0 Å². The predicted molar refractivity (Wildman–Crippen MR) is 81.0 cm³/mol. The van der Waals surface area contributed by atoms with E-state index in [1.54, 1.807) is 0 Å². The highest BCUT2D eigenvalue weighted by atomic mass is 15.4. The molecule has 0 aliphatic carbocycles. The zero-order valence-electron chi connectivity index (χ0n) is 11.0. The molecule has 0 saturated carbocycles. The van der Waals surface area contributed by atoms with Crippen molar-refractivity contribution in [1.29, 1.82) is 0 Å². The van der Waals surface area contributed by atoms with Gasteiger partial charge in [0.05, 0.1) is 12.3 Å². The number of nitrogens with one attached hydrogen (secondary N) is 1. The first-order valence-corrected chi connectivity index (χ1v) is 6.82. The Hall–Kier alpha value is -2.55. The zero-order chi connectivity index (χ0) is 13.4. The molecule has 0 aromatic heterocycles. The van der Waals surface area contributed by atoms with Gasteiger partial charge in [0.1, 0.15) is 6.17 Å². The molecule has 20 heavy (non-hydrogen) atoms. The average Bonchev–Trinajstić information content (AvgIpc) is 2.55. The van der Waals surface area contributed by atoms with E-state index in [1.165, 1.54) is 16.7 Å². The van der Waals surface area contributed by atoms with Gasteiger partial charge < -0.3 is 4.90 Å². The van der Waals surface area contributed by atoms with Crippen molar-refractivity contribution < 1.29 is 0 Å². The average molecular weight is 261 g/mol. The second-order valence-corrected chi connectivity index (χ2v) is 5.07. The molecule has 0 amide bonds. The number of benzene rings is 2. The lowest BCUT2D eigenvalue weighted by Gasteiger charge is -2.37. The summed E-state index contributed by atoms with van der Waals surface area (Å²) >= 11 is 0. The smallest absolute Gasteiger partial charge is 0.142 e. The van der Waals surface area contributed by atoms with E-state index >= 15 is 0 Å². The summed E-state index contributed by atoms with van der Waals surface area (Å²) in [5, 5.41) is 4.57. The van der Waals surface area contributed by atoms with E-state index in [9.17, 15) is 0 Å². The van der Waals surface area contributed by atoms with Crippen LogP contribution in [-0.4, -0.2) is 17.2 Å². The van der Waals surface area contributed by atoms with Crippen LogP contribution >= 0.6 is 0 Å². The maximum atomic E-state index is 4.57. The fourth-order valence-electron chi connectivity index (χ4n) is 2.77. The number of fused-ring (bicyclic) bond motifs is 3. The molecule has 2 aliphatic rings. The van der Waals surface area contributed by atoms with Crippen LogP contribution in [0, 0.1) is 0 Å². The van der Waals surface area contributed by atoms with E-state index in [4.69, 9.17) is 0 Å². The Labute approximate surface area is 118 Å². The molecule has 3 nitrogen and oxygen atoms in total. The molecule has 0 spiro atoms. The summed E-state index contributed by atoms with van der Waals surface area (Å²) in [5.74, 6) is 0. The predicted octanol–water partition coefficient (Wildman–Crippen LogP) is 2.98. The first kappa shape index (κ1) is 11.3. The Balaban J connectivity index is 1.69. The number of nitrogens with zero attached hydrogens (tertiary/aromatic N) is 2. The van der Waals surface area contributed by atoms with Gasteiger partial charge in [-0.05, 0) is 17.2 Å². The van der Waals surface area contributed by atoms with Crippen LogP contribution in [0.25, 0.3) is 6.08 Å². The summed E-state index contributed by atoms with van der Waals surface area (Å²) in [5.41, 5.74) is 8.08. The molecule has 4 rings (SSSR count). The Morgan fingerprint density at radius 3 is 2.70 bits per heavy atom. The second kappa shape index (κ2) is 4.53. The number of rotatable bonds is 1. The van der Waals surface area contributed by atoms with E-state index in [0.717, 1.165) is 12.3 Å². The normalized spacial score (nSPS) is 19.7. The van der Waals surface area contributed by atoms with Crippen molar-refractivity contribution in [3.63, 3.8) is 0 Å². The molecule has 3 heteroatoms. The summed E-state index contributed by atoms with van der Waals surface area (Å²) in [6, 6.07) is 18.8. The molecule has 2 aromatic carbocycles. The van der Waals surface area contributed by atoms with E-state index in [1.807, 2.05) is 18.2 Å². The SMILES string of the molecule is C1=CN2CC(c3ccccc3)=NN[C@@H]2c2ccccc21. The Morgan fingerprint density at radius 1 is 1.00 bits per heavy atom. The molecular weight excluding hydrogens is 246 g/mol. The van der Waals surface area contributed by atoms with Crippen LogP contribution in [0.3, 0.4) is 0 Å². The van der Waals surface area contributed by atoms with Crippen molar-refractivity contribution in [2.24, 2.45) is 5.10 Å². The minimum atomic E-state index is 0.142. The number of hydrogen-bond donors (Lipinski definition) is 1. The summed E-state index contributed by atoms with van der Waals surface area (Å²) in [6.07, 6.45) is 4.46. The largest absolute Gasteiger partial charge is 0.347 e. The fourth-order valence-corrected chi connectivity index (χ4v) is 2.77. The van der Waals surface area contributed by atoms with Crippen molar-refractivity contribution in [2.75, 3.05) is 6.54 Å². The monoisotopic (exact) mass is 261 g/mol. The van der Waals surface area contributed by atoms with Gasteiger partial charge in [-0.2, -0.15) is 5.10 Å². The third-order valence-corrected chi connectivity index (χ3v) is 3.83. The molecule has 98 valence electrons. The molecule has 2 heterocycles. The number of hydrogen-bond acceptors (Lipinski definition) is 3. The lowest BCUT2D eigenvalue weighted by molar-refractivity contribution is 0.249. The van der Waals surface area contributed by atoms with Crippen LogP contribution in [0.2, 0.25) is 0 Å². The molecule has 0 saturated heterocycles. The maximum absolute atomic E-state index is 4.57. The van der Waals surface area contributed by atoms with Gasteiger partial charge in [0.25, 0.3) is 0 Å². The van der Waals surface area contributed by atoms with E-state index in [0.29, 0.717) is 0 Å². The highest BCUT2D eigenvalue weighted by molar-refractivity contribution is 6.02. The highest BCUT2D eigenvalue weighted by Gasteiger charge is 2.27. The van der Waals surface area contributed by atoms with Gasteiger partial charge in [0.15, 0.2) is 0 Å². The van der Waals surface area contributed by atoms with Crippen LogP contribution in [0.5, 0.6) is 0 Å². The zero-order valence-corrected chi connectivity index (χ0v) is 11.0. The standard InChI is InChI=1S/C17H15N3/c1-2-7-14(8-3-1)16-12-20-11-10-13-6-4-5-9-15(13)17(20)19-18-16/h1-11,17,19H,12H2/t17-/m0/s1.